The summed E-state index contributed by atoms with van der Waals surface area (Å²) in [6, 6.07) is 15.0. The number of nitrogens with zero attached hydrogens (tertiary/aromatic N) is 4. The van der Waals surface area contributed by atoms with Gasteiger partial charge in [-0.25, -0.2) is 12.8 Å². The first-order valence-corrected chi connectivity index (χ1v) is 10.9. The van der Waals surface area contributed by atoms with E-state index in [9.17, 15) is 12.8 Å². The predicted molar refractivity (Wildman–Crippen MR) is 106 cm³/mol. The Morgan fingerprint density at radius 3 is 2.31 bits per heavy atom. The van der Waals surface area contributed by atoms with Crippen LogP contribution in [0.4, 0.5) is 4.39 Å². The summed E-state index contributed by atoms with van der Waals surface area (Å²) in [6.07, 6.45) is 0. The second-order valence-electron chi connectivity index (χ2n) is 6.92. The van der Waals surface area contributed by atoms with Gasteiger partial charge in [-0.1, -0.05) is 30.3 Å². The fraction of sp³-hybridized carbons (Fsp3) is 0.300. The second kappa shape index (κ2) is 8.40. The van der Waals surface area contributed by atoms with Crippen LogP contribution in [0.1, 0.15) is 11.5 Å². The first kappa shape index (κ1) is 19.7. The summed E-state index contributed by atoms with van der Waals surface area (Å²) in [7, 11) is -3.34. The van der Waals surface area contributed by atoms with Crippen molar-refractivity contribution in [2.24, 2.45) is 0 Å². The number of sulfonamides is 1. The van der Waals surface area contributed by atoms with Crippen molar-refractivity contribution < 1.29 is 17.2 Å². The SMILES string of the molecule is O=S(=O)(Cc1ccccc1)N1CCN(Cc2nnc(-c3ccc(F)cc3)o2)CC1. The van der Waals surface area contributed by atoms with Crippen molar-refractivity contribution in [3.63, 3.8) is 0 Å². The van der Waals surface area contributed by atoms with Crippen LogP contribution in [-0.2, 0) is 22.3 Å². The van der Waals surface area contributed by atoms with Gasteiger partial charge in [-0.2, -0.15) is 4.31 Å². The van der Waals surface area contributed by atoms with Crippen LogP contribution in [0.3, 0.4) is 0 Å². The molecule has 1 saturated heterocycles. The van der Waals surface area contributed by atoms with E-state index >= 15 is 0 Å². The summed E-state index contributed by atoms with van der Waals surface area (Å²) < 4.78 is 45.5. The monoisotopic (exact) mass is 416 g/mol. The molecule has 152 valence electrons. The molecule has 0 radical (unpaired) electrons. The van der Waals surface area contributed by atoms with Crippen LogP contribution >= 0.6 is 0 Å². The maximum atomic E-state index is 13.0. The van der Waals surface area contributed by atoms with Gasteiger partial charge in [-0.05, 0) is 29.8 Å². The van der Waals surface area contributed by atoms with E-state index in [1.54, 1.807) is 12.1 Å². The van der Waals surface area contributed by atoms with E-state index in [2.05, 4.69) is 15.1 Å². The van der Waals surface area contributed by atoms with Gasteiger partial charge in [0, 0.05) is 31.7 Å². The minimum Gasteiger partial charge on any atom is -0.419 e. The highest BCUT2D eigenvalue weighted by atomic mass is 32.2. The molecule has 3 aromatic rings. The lowest BCUT2D eigenvalue weighted by Gasteiger charge is -2.33. The lowest BCUT2D eigenvalue weighted by Crippen LogP contribution is -2.48. The van der Waals surface area contributed by atoms with Crippen molar-refractivity contribution >= 4 is 10.0 Å². The average Bonchev–Trinajstić information content (AvgIpc) is 3.18. The van der Waals surface area contributed by atoms with Crippen LogP contribution in [0.15, 0.2) is 59.0 Å². The predicted octanol–water partition coefficient (Wildman–Crippen LogP) is 2.52. The van der Waals surface area contributed by atoms with E-state index in [0.29, 0.717) is 50.1 Å². The largest absolute Gasteiger partial charge is 0.419 e. The lowest BCUT2D eigenvalue weighted by molar-refractivity contribution is 0.168. The first-order valence-electron chi connectivity index (χ1n) is 9.32. The number of rotatable bonds is 6. The lowest BCUT2D eigenvalue weighted by atomic mass is 10.2. The maximum Gasteiger partial charge on any atom is 0.247 e. The molecule has 7 nitrogen and oxygen atoms in total. The van der Waals surface area contributed by atoms with Crippen LogP contribution < -0.4 is 0 Å². The molecule has 9 heteroatoms. The zero-order chi connectivity index (χ0) is 20.3. The number of benzene rings is 2. The Morgan fingerprint density at radius 1 is 0.931 bits per heavy atom. The highest BCUT2D eigenvalue weighted by Gasteiger charge is 2.27. The summed E-state index contributed by atoms with van der Waals surface area (Å²) in [4.78, 5) is 2.08. The number of halogens is 1. The molecule has 4 rings (SSSR count). The van der Waals surface area contributed by atoms with Gasteiger partial charge >= 0.3 is 0 Å². The number of piperazine rings is 1. The van der Waals surface area contributed by atoms with Crippen molar-refractivity contribution in [2.75, 3.05) is 26.2 Å². The van der Waals surface area contributed by atoms with Crippen LogP contribution in [0.2, 0.25) is 0 Å². The van der Waals surface area contributed by atoms with Crippen LogP contribution in [-0.4, -0.2) is 54.0 Å². The van der Waals surface area contributed by atoms with E-state index in [1.165, 1.54) is 16.4 Å². The zero-order valence-electron chi connectivity index (χ0n) is 15.7. The van der Waals surface area contributed by atoms with Crippen molar-refractivity contribution in [3.05, 3.63) is 71.9 Å². The first-order chi connectivity index (χ1) is 14.0. The second-order valence-corrected chi connectivity index (χ2v) is 8.89. The molecule has 0 bridgehead atoms. The van der Waals surface area contributed by atoms with E-state index in [1.807, 2.05) is 30.3 Å². The van der Waals surface area contributed by atoms with Gasteiger partial charge in [0.1, 0.15) is 5.82 Å². The number of hydrogen-bond donors (Lipinski definition) is 0. The molecule has 0 aliphatic carbocycles. The minimum absolute atomic E-state index is 0.0124. The molecule has 2 heterocycles. The highest BCUT2D eigenvalue weighted by Crippen LogP contribution is 2.20. The molecule has 0 N–H and O–H groups in total. The molecular weight excluding hydrogens is 395 g/mol. The van der Waals surface area contributed by atoms with Gasteiger partial charge in [-0.15, -0.1) is 10.2 Å². The Bertz CT molecular complexity index is 1050. The molecule has 0 spiro atoms. The van der Waals surface area contributed by atoms with Gasteiger partial charge < -0.3 is 4.42 Å². The summed E-state index contributed by atoms with van der Waals surface area (Å²) in [6.45, 7) is 2.47. The molecule has 29 heavy (non-hydrogen) atoms. The smallest absolute Gasteiger partial charge is 0.247 e. The fourth-order valence-corrected chi connectivity index (χ4v) is 4.78. The molecule has 0 atom stereocenters. The highest BCUT2D eigenvalue weighted by molar-refractivity contribution is 7.88. The van der Waals surface area contributed by atoms with Gasteiger partial charge in [0.05, 0.1) is 12.3 Å². The van der Waals surface area contributed by atoms with E-state index in [-0.39, 0.29) is 11.6 Å². The molecule has 0 saturated carbocycles. The van der Waals surface area contributed by atoms with Crippen LogP contribution in [0, 0.1) is 5.82 Å². The summed E-state index contributed by atoms with van der Waals surface area (Å²) in [5.41, 5.74) is 1.44. The fourth-order valence-electron chi connectivity index (χ4n) is 3.26. The molecule has 0 unspecified atom stereocenters. The van der Waals surface area contributed by atoms with Gasteiger partial charge in [0.2, 0.25) is 21.8 Å². The van der Waals surface area contributed by atoms with Gasteiger partial charge in [0.15, 0.2) is 0 Å². The van der Waals surface area contributed by atoms with E-state index in [4.69, 9.17) is 4.42 Å². The molecular formula is C20H21FN4O3S. The number of aromatic nitrogens is 2. The van der Waals surface area contributed by atoms with Crippen molar-refractivity contribution in [1.29, 1.82) is 0 Å². The summed E-state index contributed by atoms with van der Waals surface area (Å²) >= 11 is 0. The molecule has 1 fully saturated rings. The molecule has 1 aromatic heterocycles. The third-order valence-corrected chi connectivity index (χ3v) is 6.68. The van der Waals surface area contributed by atoms with Gasteiger partial charge in [0.25, 0.3) is 0 Å². The minimum atomic E-state index is -3.34. The Hall–Kier alpha value is -2.62. The Kier molecular flexibility index (Phi) is 5.70. The molecule has 1 aliphatic heterocycles. The van der Waals surface area contributed by atoms with Crippen LogP contribution in [0.5, 0.6) is 0 Å². The van der Waals surface area contributed by atoms with E-state index in [0.717, 1.165) is 5.56 Å². The zero-order valence-corrected chi connectivity index (χ0v) is 16.6. The average molecular weight is 416 g/mol. The third-order valence-electron chi connectivity index (χ3n) is 4.83. The van der Waals surface area contributed by atoms with Crippen molar-refractivity contribution in [3.8, 4) is 11.5 Å². The van der Waals surface area contributed by atoms with Crippen molar-refractivity contribution in [2.45, 2.75) is 12.3 Å². The van der Waals surface area contributed by atoms with Crippen molar-refractivity contribution in [1.82, 2.24) is 19.4 Å². The topological polar surface area (TPSA) is 79.5 Å². The Labute approximate surface area is 168 Å². The Balaban J connectivity index is 1.33. The maximum absolute atomic E-state index is 13.0. The molecule has 1 aliphatic rings. The molecule has 2 aromatic carbocycles. The quantitative estimate of drug-likeness (QED) is 0.614. The van der Waals surface area contributed by atoms with Crippen LogP contribution in [0.25, 0.3) is 11.5 Å². The Morgan fingerprint density at radius 2 is 1.62 bits per heavy atom. The van der Waals surface area contributed by atoms with Gasteiger partial charge in [-0.3, -0.25) is 4.90 Å². The summed E-state index contributed by atoms with van der Waals surface area (Å²) in [5, 5.41) is 8.06. The third kappa shape index (κ3) is 4.87. The molecule has 0 amide bonds. The normalized spacial score (nSPS) is 16.2. The van der Waals surface area contributed by atoms with E-state index < -0.39 is 10.0 Å². The standard InChI is InChI=1S/C20H21FN4O3S/c21-18-8-6-17(7-9-18)20-23-22-19(28-20)14-24-10-12-25(13-11-24)29(26,27)15-16-4-2-1-3-5-16/h1-9H,10-15H2. The summed E-state index contributed by atoms with van der Waals surface area (Å²) in [5.74, 6) is 0.473. The number of hydrogen-bond acceptors (Lipinski definition) is 6.